The van der Waals surface area contributed by atoms with E-state index in [4.69, 9.17) is 9.47 Å². The Kier molecular flexibility index (Phi) is 8.37. The van der Waals surface area contributed by atoms with Gasteiger partial charge in [0.1, 0.15) is 18.0 Å². The Hall–Kier alpha value is -1.59. The molecule has 2 aliphatic rings. The van der Waals surface area contributed by atoms with Crippen molar-refractivity contribution in [1.29, 1.82) is 0 Å². The third-order valence-electron chi connectivity index (χ3n) is 6.28. The molecule has 1 amide bonds. The molecule has 29 heavy (non-hydrogen) atoms. The lowest BCUT2D eigenvalue weighted by atomic mass is 9.93. The maximum absolute atomic E-state index is 13.0. The fourth-order valence-electron chi connectivity index (χ4n) is 4.67. The summed E-state index contributed by atoms with van der Waals surface area (Å²) in [6.07, 6.45) is 8.72. The second-order valence-electron chi connectivity index (χ2n) is 8.72. The fourth-order valence-corrected chi connectivity index (χ4v) is 4.67. The second kappa shape index (κ2) is 11.0. The topological polar surface area (TPSA) is 50.8 Å². The lowest BCUT2D eigenvalue weighted by Crippen LogP contribution is -2.45. The summed E-state index contributed by atoms with van der Waals surface area (Å²) >= 11 is 0. The molecule has 1 atom stereocenters. The molecule has 1 heterocycles. The van der Waals surface area contributed by atoms with Crippen LogP contribution in [0.2, 0.25) is 0 Å². The van der Waals surface area contributed by atoms with Crippen LogP contribution in [0.25, 0.3) is 0 Å². The van der Waals surface area contributed by atoms with E-state index in [1.165, 1.54) is 38.8 Å². The second-order valence-corrected chi connectivity index (χ2v) is 8.72. The van der Waals surface area contributed by atoms with E-state index < -0.39 is 5.60 Å². The van der Waals surface area contributed by atoms with E-state index in [1.54, 1.807) is 0 Å². The normalized spacial score (nSPS) is 22.6. The average Bonchev–Trinajstić information content (AvgIpc) is 2.96. The predicted octanol–water partition coefficient (Wildman–Crippen LogP) is 4.87. The molecule has 1 saturated heterocycles. The summed E-state index contributed by atoms with van der Waals surface area (Å²) in [5.41, 5.74) is 0.127. The zero-order chi connectivity index (χ0) is 20.5. The van der Waals surface area contributed by atoms with Gasteiger partial charge in [-0.3, -0.25) is 9.69 Å². The Bertz CT molecular complexity index is 624. The largest absolute Gasteiger partial charge is 0.492 e. The Balaban J connectivity index is 1.49. The van der Waals surface area contributed by atoms with Crippen LogP contribution >= 0.6 is 0 Å². The summed E-state index contributed by atoms with van der Waals surface area (Å²) in [5, 5.41) is 3.08. The van der Waals surface area contributed by atoms with Crippen LogP contribution in [0.1, 0.15) is 65.2 Å². The Morgan fingerprint density at radius 2 is 1.86 bits per heavy atom. The minimum absolute atomic E-state index is 0.00543. The highest BCUT2D eigenvalue weighted by Gasteiger charge is 2.39. The van der Waals surface area contributed by atoms with Crippen molar-refractivity contribution in [3.63, 3.8) is 0 Å². The van der Waals surface area contributed by atoms with Gasteiger partial charge in [-0.05, 0) is 69.3 Å². The van der Waals surface area contributed by atoms with E-state index in [2.05, 4.69) is 17.1 Å². The number of rotatable bonds is 8. The summed E-state index contributed by atoms with van der Waals surface area (Å²) in [4.78, 5) is 15.5. The van der Waals surface area contributed by atoms with E-state index in [1.807, 2.05) is 31.2 Å². The van der Waals surface area contributed by atoms with Gasteiger partial charge in [-0.25, -0.2) is 0 Å². The molecule has 1 unspecified atom stereocenters. The van der Waals surface area contributed by atoms with Crippen molar-refractivity contribution in [3.05, 3.63) is 24.3 Å². The monoisotopic (exact) mass is 402 g/mol. The smallest absolute Gasteiger partial charge is 0.256 e. The number of ether oxygens (including phenoxy) is 2. The van der Waals surface area contributed by atoms with E-state index in [-0.39, 0.29) is 5.91 Å². The molecule has 0 spiro atoms. The molecule has 5 heteroatoms. The molecule has 162 valence electrons. The van der Waals surface area contributed by atoms with Crippen LogP contribution in [0.5, 0.6) is 5.75 Å². The molecule has 0 aromatic heterocycles. The number of likely N-dealkylation sites (tertiary alicyclic amines) is 1. The van der Waals surface area contributed by atoms with E-state index >= 15 is 0 Å². The summed E-state index contributed by atoms with van der Waals surface area (Å²) in [7, 11) is 0. The van der Waals surface area contributed by atoms with Gasteiger partial charge in [0.15, 0.2) is 0 Å². The molecular weight excluding hydrogens is 364 g/mol. The SMILES string of the molecule is CCOC1(C(=O)Nc2ccc(OCCN3CCCC(C)C3)cc2)CCCCCC1. The quantitative estimate of drug-likeness (QED) is 0.631. The minimum atomic E-state index is -0.675. The number of amides is 1. The van der Waals surface area contributed by atoms with E-state index in [0.29, 0.717) is 13.2 Å². The number of piperidine rings is 1. The van der Waals surface area contributed by atoms with E-state index in [0.717, 1.165) is 49.6 Å². The third kappa shape index (κ3) is 6.45. The van der Waals surface area contributed by atoms with Gasteiger partial charge in [0.05, 0.1) is 0 Å². The van der Waals surface area contributed by atoms with Crippen LogP contribution in [0.4, 0.5) is 5.69 Å². The average molecular weight is 403 g/mol. The van der Waals surface area contributed by atoms with E-state index in [9.17, 15) is 4.79 Å². The van der Waals surface area contributed by atoms with Gasteiger partial charge in [0.25, 0.3) is 5.91 Å². The van der Waals surface area contributed by atoms with Crippen molar-refractivity contribution in [1.82, 2.24) is 4.90 Å². The molecule has 0 bridgehead atoms. The first-order chi connectivity index (χ1) is 14.1. The van der Waals surface area contributed by atoms with Crippen LogP contribution in [-0.2, 0) is 9.53 Å². The van der Waals surface area contributed by atoms with Gasteiger partial charge >= 0.3 is 0 Å². The first kappa shape index (κ1) is 22.1. The maximum atomic E-state index is 13.0. The summed E-state index contributed by atoms with van der Waals surface area (Å²) in [6.45, 7) is 8.89. The number of hydrogen-bond acceptors (Lipinski definition) is 4. The number of hydrogen-bond donors (Lipinski definition) is 1. The molecule has 2 fully saturated rings. The number of anilines is 1. The van der Waals surface area contributed by atoms with Crippen molar-refractivity contribution in [3.8, 4) is 5.75 Å². The van der Waals surface area contributed by atoms with Crippen molar-refractivity contribution in [2.75, 3.05) is 38.2 Å². The zero-order valence-electron chi connectivity index (χ0n) is 18.3. The number of benzene rings is 1. The van der Waals surface area contributed by atoms with Crippen LogP contribution in [-0.4, -0.2) is 49.3 Å². The number of nitrogens with one attached hydrogen (secondary N) is 1. The Morgan fingerprint density at radius 1 is 1.14 bits per heavy atom. The molecule has 3 rings (SSSR count). The van der Waals surface area contributed by atoms with Crippen molar-refractivity contribution in [2.45, 2.75) is 70.8 Å². The number of carbonyl (C=O) groups is 1. The number of carbonyl (C=O) groups excluding carboxylic acids is 1. The third-order valence-corrected chi connectivity index (χ3v) is 6.28. The molecule has 1 aromatic carbocycles. The van der Waals surface area contributed by atoms with Crippen LogP contribution in [0.15, 0.2) is 24.3 Å². The summed E-state index contributed by atoms with van der Waals surface area (Å²) in [5.74, 6) is 1.64. The first-order valence-electron chi connectivity index (χ1n) is 11.5. The van der Waals surface area contributed by atoms with Gasteiger partial charge in [-0.2, -0.15) is 0 Å². The highest BCUT2D eigenvalue weighted by atomic mass is 16.5. The van der Waals surface area contributed by atoms with Gasteiger partial charge < -0.3 is 14.8 Å². The molecule has 1 aromatic rings. The van der Waals surface area contributed by atoms with Gasteiger partial charge in [-0.15, -0.1) is 0 Å². The summed E-state index contributed by atoms with van der Waals surface area (Å²) < 4.78 is 11.9. The maximum Gasteiger partial charge on any atom is 0.256 e. The molecule has 0 radical (unpaired) electrons. The molecule has 1 saturated carbocycles. The predicted molar refractivity (Wildman–Crippen MR) is 117 cm³/mol. The Morgan fingerprint density at radius 3 is 2.52 bits per heavy atom. The first-order valence-corrected chi connectivity index (χ1v) is 11.5. The van der Waals surface area contributed by atoms with Gasteiger partial charge in [0, 0.05) is 25.4 Å². The van der Waals surface area contributed by atoms with Crippen molar-refractivity contribution in [2.24, 2.45) is 5.92 Å². The van der Waals surface area contributed by atoms with Crippen LogP contribution < -0.4 is 10.1 Å². The summed E-state index contributed by atoms with van der Waals surface area (Å²) in [6, 6.07) is 7.73. The van der Waals surface area contributed by atoms with Gasteiger partial charge in [-0.1, -0.05) is 32.6 Å². The Labute approximate surface area is 176 Å². The fraction of sp³-hybridized carbons (Fsp3) is 0.708. The zero-order valence-corrected chi connectivity index (χ0v) is 18.3. The van der Waals surface area contributed by atoms with Crippen molar-refractivity contribution < 1.29 is 14.3 Å². The molecule has 1 N–H and O–H groups in total. The van der Waals surface area contributed by atoms with Crippen LogP contribution in [0.3, 0.4) is 0 Å². The van der Waals surface area contributed by atoms with Crippen molar-refractivity contribution >= 4 is 11.6 Å². The molecule has 5 nitrogen and oxygen atoms in total. The van der Waals surface area contributed by atoms with Gasteiger partial charge in [0.2, 0.25) is 0 Å². The highest BCUT2D eigenvalue weighted by molar-refractivity contribution is 5.97. The molecule has 1 aliphatic heterocycles. The standard InChI is InChI=1S/C24H38N2O3/c1-3-29-24(14-6-4-5-7-15-24)23(27)25-21-10-12-22(13-11-21)28-18-17-26-16-8-9-20(2)19-26/h10-13,20H,3-9,14-19H2,1-2H3,(H,25,27). The lowest BCUT2D eigenvalue weighted by Gasteiger charge is -2.31. The van der Waals surface area contributed by atoms with Crippen LogP contribution in [0, 0.1) is 5.92 Å². The number of nitrogens with zero attached hydrogens (tertiary/aromatic N) is 1. The highest BCUT2D eigenvalue weighted by Crippen LogP contribution is 2.32. The molecular formula is C24H38N2O3. The molecule has 1 aliphatic carbocycles. The minimum Gasteiger partial charge on any atom is -0.492 e. The lowest BCUT2D eigenvalue weighted by molar-refractivity contribution is -0.143.